The van der Waals surface area contributed by atoms with Crippen molar-refractivity contribution in [3.8, 4) is 11.5 Å². The van der Waals surface area contributed by atoms with Crippen LogP contribution < -0.4 is 4.74 Å². The van der Waals surface area contributed by atoms with Gasteiger partial charge in [-0.15, -0.1) is 0 Å². The predicted molar refractivity (Wildman–Crippen MR) is 76.0 cm³/mol. The van der Waals surface area contributed by atoms with Crippen molar-refractivity contribution in [2.75, 3.05) is 0 Å². The van der Waals surface area contributed by atoms with E-state index in [-0.39, 0.29) is 11.3 Å². The Bertz CT molecular complexity index is 724. The number of nitrogens with zero attached hydrogens (tertiary/aromatic N) is 1. The molecular weight excluding hydrogens is 274 g/mol. The highest BCUT2D eigenvalue weighted by molar-refractivity contribution is 5.92. The number of carboxylic acids is 1. The van der Waals surface area contributed by atoms with Crippen molar-refractivity contribution < 1.29 is 19.6 Å². The van der Waals surface area contributed by atoms with Gasteiger partial charge in [0.1, 0.15) is 17.1 Å². The average molecular weight is 287 g/mol. The van der Waals surface area contributed by atoms with Crippen LogP contribution in [0.25, 0.3) is 0 Å². The van der Waals surface area contributed by atoms with Gasteiger partial charge >= 0.3 is 5.97 Å². The van der Waals surface area contributed by atoms with Gasteiger partial charge in [-0.3, -0.25) is 10.1 Å². The Morgan fingerprint density at radius 1 is 1.19 bits per heavy atom. The Kier molecular flexibility index (Phi) is 3.89. The number of carbonyl (C=O) groups is 1. The van der Waals surface area contributed by atoms with Gasteiger partial charge in [-0.1, -0.05) is 17.7 Å². The fourth-order valence-electron chi connectivity index (χ4n) is 1.95. The van der Waals surface area contributed by atoms with Crippen molar-refractivity contribution in [1.82, 2.24) is 0 Å². The first kappa shape index (κ1) is 14.5. The lowest BCUT2D eigenvalue weighted by Gasteiger charge is -2.09. The maximum Gasteiger partial charge on any atom is 0.342 e. The molecular formula is C15H13NO5. The fourth-order valence-corrected chi connectivity index (χ4v) is 1.95. The predicted octanol–water partition coefficient (Wildman–Crippen LogP) is 3.70. The van der Waals surface area contributed by atoms with Crippen molar-refractivity contribution in [2.24, 2.45) is 0 Å². The molecule has 0 unspecified atom stereocenters. The molecule has 0 fully saturated rings. The van der Waals surface area contributed by atoms with Crippen LogP contribution in [0.4, 0.5) is 5.69 Å². The summed E-state index contributed by atoms with van der Waals surface area (Å²) in [7, 11) is 0. The van der Waals surface area contributed by atoms with Crippen LogP contribution in [0.2, 0.25) is 0 Å². The van der Waals surface area contributed by atoms with Crippen LogP contribution in [-0.2, 0) is 0 Å². The van der Waals surface area contributed by atoms with E-state index in [1.165, 1.54) is 12.1 Å². The van der Waals surface area contributed by atoms with E-state index < -0.39 is 16.6 Å². The van der Waals surface area contributed by atoms with Gasteiger partial charge < -0.3 is 9.84 Å². The molecule has 1 N–H and O–H groups in total. The van der Waals surface area contributed by atoms with E-state index in [4.69, 9.17) is 9.84 Å². The minimum atomic E-state index is -1.35. The summed E-state index contributed by atoms with van der Waals surface area (Å²) in [5.41, 5.74) is 1.10. The number of hydrogen-bond donors (Lipinski definition) is 1. The topological polar surface area (TPSA) is 89.7 Å². The molecule has 0 aliphatic carbocycles. The molecule has 0 aliphatic heterocycles. The van der Waals surface area contributed by atoms with Crippen LogP contribution in [0, 0.1) is 24.0 Å². The Labute approximate surface area is 120 Å². The number of nitro benzene ring substituents is 1. The zero-order valence-electron chi connectivity index (χ0n) is 11.5. The van der Waals surface area contributed by atoms with E-state index in [0.717, 1.165) is 17.2 Å². The monoisotopic (exact) mass is 287 g/mol. The molecule has 0 bridgehead atoms. The number of aromatic carboxylic acids is 1. The smallest absolute Gasteiger partial charge is 0.342 e. The molecule has 0 heterocycles. The molecule has 2 aromatic carbocycles. The van der Waals surface area contributed by atoms with Crippen LogP contribution >= 0.6 is 0 Å². The number of hydrogen-bond acceptors (Lipinski definition) is 4. The van der Waals surface area contributed by atoms with Crippen molar-refractivity contribution in [2.45, 2.75) is 13.8 Å². The first-order chi connectivity index (χ1) is 9.88. The number of aryl methyl sites for hydroxylation is 2. The number of nitro groups is 1. The lowest BCUT2D eigenvalue weighted by atomic mass is 10.1. The molecule has 21 heavy (non-hydrogen) atoms. The summed E-state index contributed by atoms with van der Waals surface area (Å²) >= 11 is 0. The fraction of sp³-hybridized carbons (Fsp3) is 0.133. The Morgan fingerprint density at radius 3 is 2.48 bits per heavy atom. The molecule has 6 heteroatoms. The summed E-state index contributed by atoms with van der Waals surface area (Å²) in [5.74, 6) is -0.559. The molecule has 0 aliphatic rings. The molecule has 108 valence electrons. The van der Waals surface area contributed by atoms with Gasteiger partial charge in [0.2, 0.25) is 0 Å². The first-order valence-corrected chi connectivity index (χ1v) is 6.15. The Morgan fingerprint density at radius 2 is 1.90 bits per heavy atom. The van der Waals surface area contributed by atoms with Crippen LogP contribution in [0.1, 0.15) is 21.5 Å². The molecule has 0 aromatic heterocycles. The third-order valence-electron chi connectivity index (χ3n) is 2.95. The van der Waals surface area contributed by atoms with E-state index >= 15 is 0 Å². The quantitative estimate of drug-likeness (QED) is 0.684. The number of rotatable bonds is 4. The van der Waals surface area contributed by atoms with Gasteiger partial charge in [0.15, 0.2) is 0 Å². The maximum atomic E-state index is 10.9. The van der Waals surface area contributed by atoms with E-state index in [9.17, 15) is 14.9 Å². The van der Waals surface area contributed by atoms with E-state index in [2.05, 4.69) is 0 Å². The van der Waals surface area contributed by atoms with Crippen LogP contribution in [0.3, 0.4) is 0 Å². The van der Waals surface area contributed by atoms with Gasteiger partial charge in [0.25, 0.3) is 5.69 Å². The van der Waals surface area contributed by atoms with E-state index in [1.807, 2.05) is 26.0 Å². The summed E-state index contributed by atoms with van der Waals surface area (Å²) in [6.45, 7) is 3.81. The van der Waals surface area contributed by atoms with Crippen molar-refractivity contribution in [3.63, 3.8) is 0 Å². The van der Waals surface area contributed by atoms with E-state index in [1.54, 1.807) is 6.07 Å². The second kappa shape index (κ2) is 5.62. The lowest BCUT2D eigenvalue weighted by Crippen LogP contribution is -2.02. The maximum absolute atomic E-state index is 10.9. The molecule has 0 saturated heterocycles. The second-order valence-corrected chi connectivity index (χ2v) is 4.61. The highest BCUT2D eigenvalue weighted by Gasteiger charge is 2.20. The number of ether oxygens (including phenoxy) is 1. The van der Waals surface area contributed by atoms with Gasteiger partial charge in [0.05, 0.1) is 11.0 Å². The minimum absolute atomic E-state index is 0.221. The van der Waals surface area contributed by atoms with Gasteiger partial charge in [-0.2, -0.15) is 0 Å². The average Bonchev–Trinajstić information content (AvgIpc) is 2.41. The normalized spacial score (nSPS) is 10.2. The van der Waals surface area contributed by atoms with Crippen LogP contribution in [-0.4, -0.2) is 16.0 Å². The molecule has 2 rings (SSSR count). The summed E-state index contributed by atoms with van der Waals surface area (Å²) < 4.78 is 5.59. The number of benzene rings is 2. The summed E-state index contributed by atoms with van der Waals surface area (Å²) in [4.78, 5) is 21.1. The summed E-state index contributed by atoms with van der Waals surface area (Å²) in [5, 5.41) is 19.9. The molecule has 0 spiro atoms. The molecule has 0 saturated carbocycles. The molecule has 6 nitrogen and oxygen atoms in total. The molecule has 0 atom stereocenters. The number of carboxylic acid groups (broad SMARTS) is 1. The molecule has 2 aromatic rings. The van der Waals surface area contributed by atoms with Crippen LogP contribution in [0.15, 0.2) is 36.4 Å². The third kappa shape index (κ3) is 3.17. The zero-order chi connectivity index (χ0) is 15.6. The summed E-state index contributed by atoms with van der Waals surface area (Å²) in [6, 6.07) is 9.23. The lowest BCUT2D eigenvalue weighted by molar-refractivity contribution is -0.385. The SMILES string of the molecule is Cc1ccc(Oc2ccc(C(=O)O)c([N+](=O)[O-])c2)c(C)c1. The highest BCUT2D eigenvalue weighted by atomic mass is 16.6. The Balaban J connectivity index is 2.39. The highest BCUT2D eigenvalue weighted by Crippen LogP contribution is 2.30. The van der Waals surface area contributed by atoms with Gasteiger partial charge in [0, 0.05) is 0 Å². The molecule has 0 radical (unpaired) electrons. The molecule has 0 amide bonds. The van der Waals surface area contributed by atoms with Crippen molar-refractivity contribution in [1.29, 1.82) is 0 Å². The first-order valence-electron chi connectivity index (χ1n) is 6.15. The van der Waals surface area contributed by atoms with Crippen molar-refractivity contribution in [3.05, 3.63) is 63.2 Å². The van der Waals surface area contributed by atoms with Gasteiger partial charge in [-0.05, 0) is 37.6 Å². The largest absolute Gasteiger partial charge is 0.477 e. The zero-order valence-corrected chi connectivity index (χ0v) is 11.5. The third-order valence-corrected chi connectivity index (χ3v) is 2.95. The van der Waals surface area contributed by atoms with Gasteiger partial charge in [-0.25, -0.2) is 4.79 Å². The van der Waals surface area contributed by atoms with Crippen LogP contribution in [0.5, 0.6) is 11.5 Å². The second-order valence-electron chi connectivity index (χ2n) is 4.61. The summed E-state index contributed by atoms with van der Waals surface area (Å²) in [6.07, 6.45) is 0. The minimum Gasteiger partial charge on any atom is -0.477 e. The van der Waals surface area contributed by atoms with E-state index in [0.29, 0.717) is 5.75 Å². The Hall–Kier alpha value is -2.89. The standard InChI is InChI=1S/C15H13NO5/c1-9-3-6-14(10(2)7-9)21-11-4-5-12(15(17)18)13(8-11)16(19)20/h3-8H,1-2H3,(H,17,18). The van der Waals surface area contributed by atoms with Crippen molar-refractivity contribution >= 4 is 11.7 Å².